The third-order valence-electron chi connectivity index (χ3n) is 2.14. The number of hydrogen-bond donors (Lipinski definition) is 2. The molecular formula is C10H5F2NO3. The van der Waals surface area contributed by atoms with Gasteiger partial charge in [-0.05, 0) is 12.1 Å². The Morgan fingerprint density at radius 3 is 2.62 bits per heavy atom. The Labute approximate surface area is 87.1 Å². The highest BCUT2D eigenvalue weighted by atomic mass is 19.1. The molecule has 0 aliphatic carbocycles. The monoisotopic (exact) mass is 225 g/mol. The molecule has 2 N–H and O–H groups in total. The minimum atomic E-state index is -1.73. The van der Waals surface area contributed by atoms with Gasteiger partial charge in [0.1, 0.15) is 5.82 Å². The molecule has 2 aromatic rings. The average Bonchev–Trinajstić information content (AvgIpc) is 2.15. The van der Waals surface area contributed by atoms with Crippen LogP contribution in [0.2, 0.25) is 0 Å². The average molecular weight is 225 g/mol. The topological polar surface area (TPSA) is 70.2 Å². The number of pyridine rings is 1. The predicted molar refractivity (Wildman–Crippen MR) is 51.4 cm³/mol. The Balaban J connectivity index is 3.03. The first-order valence-electron chi connectivity index (χ1n) is 4.25. The van der Waals surface area contributed by atoms with Crippen LogP contribution in [0.5, 0.6) is 0 Å². The normalized spacial score (nSPS) is 10.6. The first-order valence-corrected chi connectivity index (χ1v) is 4.25. The molecule has 0 fully saturated rings. The van der Waals surface area contributed by atoms with E-state index in [1.54, 1.807) is 0 Å². The lowest BCUT2D eigenvalue weighted by atomic mass is 10.1. The predicted octanol–water partition coefficient (Wildman–Crippen LogP) is 1.50. The highest BCUT2D eigenvalue weighted by molar-refractivity contribution is 5.93. The van der Waals surface area contributed by atoms with E-state index in [0.717, 1.165) is 6.07 Å². The second-order valence-electron chi connectivity index (χ2n) is 3.11. The first kappa shape index (κ1) is 10.3. The summed E-state index contributed by atoms with van der Waals surface area (Å²) < 4.78 is 26.9. The summed E-state index contributed by atoms with van der Waals surface area (Å²) in [6, 6.07) is 3.55. The van der Waals surface area contributed by atoms with E-state index in [4.69, 9.17) is 5.11 Å². The minimum Gasteiger partial charge on any atom is -0.477 e. The number of carboxylic acids is 1. The molecule has 1 aromatic heterocycles. The van der Waals surface area contributed by atoms with Gasteiger partial charge in [0, 0.05) is 0 Å². The van der Waals surface area contributed by atoms with Crippen LogP contribution in [0.3, 0.4) is 0 Å². The smallest absolute Gasteiger partial charge is 0.344 e. The number of halogens is 2. The van der Waals surface area contributed by atoms with E-state index in [1.807, 2.05) is 0 Å². The summed E-state index contributed by atoms with van der Waals surface area (Å²) in [5.74, 6) is -4.01. The molecule has 2 rings (SSSR count). The standard InChI is InChI=1S/C10H5F2NO3/c11-4-2-1-3-5-6(4)8(12)7(10(15)16)9(14)13-5/h1-3H,(H,13,14)(H,15,16). The summed E-state index contributed by atoms with van der Waals surface area (Å²) in [6.45, 7) is 0. The first-order chi connectivity index (χ1) is 7.52. The molecule has 0 aliphatic heterocycles. The summed E-state index contributed by atoms with van der Waals surface area (Å²) in [6.07, 6.45) is 0. The van der Waals surface area contributed by atoms with Crippen LogP contribution in [0, 0.1) is 11.6 Å². The van der Waals surface area contributed by atoms with Crippen molar-refractivity contribution >= 4 is 16.9 Å². The zero-order chi connectivity index (χ0) is 11.9. The Hall–Kier alpha value is -2.24. The molecule has 16 heavy (non-hydrogen) atoms. The highest BCUT2D eigenvalue weighted by Gasteiger charge is 2.20. The van der Waals surface area contributed by atoms with Gasteiger partial charge >= 0.3 is 5.97 Å². The van der Waals surface area contributed by atoms with Gasteiger partial charge in [-0.25, -0.2) is 13.6 Å². The third-order valence-corrected chi connectivity index (χ3v) is 2.14. The van der Waals surface area contributed by atoms with E-state index >= 15 is 0 Å². The highest BCUT2D eigenvalue weighted by Crippen LogP contribution is 2.19. The number of carbonyl (C=O) groups is 1. The second-order valence-corrected chi connectivity index (χ2v) is 3.11. The lowest BCUT2D eigenvalue weighted by Crippen LogP contribution is -2.20. The lowest BCUT2D eigenvalue weighted by Gasteiger charge is -2.03. The van der Waals surface area contributed by atoms with Crippen LogP contribution in [0.1, 0.15) is 10.4 Å². The molecular weight excluding hydrogens is 220 g/mol. The van der Waals surface area contributed by atoms with Crippen LogP contribution in [-0.4, -0.2) is 16.1 Å². The van der Waals surface area contributed by atoms with E-state index in [2.05, 4.69) is 4.98 Å². The van der Waals surface area contributed by atoms with E-state index in [9.17, 15) is 18.4 Å². The number of H-pyrrole nitrogens is 1. The van der Waals surface area contributed by atoms with Crippen molar-refractivity contribution in [3.05, 3.63) is 45.8 Å². The lowest BCUT2D eigenvalue weighted by molar-refractivity contribution is 0.0690. The van der Waals surface area contributed by atoms with Gasteiger partial charge in [0.05, 0.1) is 10.9 Å². The maximum atomic E-state index is 13.6. The number of nitrogens with one attached hydrogen (secondary N) is 1. The van der Waals surface area contributed by atoms with Crippen molar-refractivity contribution in [3.63, 3.8) is 0 Å². The second kappa shape index (κ2) is 3.41. The molecule has 0 spiro atoms. The summed E-state index contributed by atoms with van der Waals surface area (Å²) >= 11 is 0. The van der Waals surface area contributed by atoms with Crippen molar-refractivity contribution in [2.75, 3.05) is 0 Å². The molecule has 0 atom stereocenters. The SMILES string of the molecule is O=C(O)c1c(F)c2c(F)cccc2[nH]c1=O. The van der Waals surface area contributed by atoms with Gasteiger partial charge in [-0.3, -0.25) is 4.79 Å². The zero-order valence-electron chi connectivity index (χ0n) is 7.75. The number of aromatic nitrogens is 1. The Morgan fingerprint density at radius 2 is 2.00 bits per heavy atom. The molecule has 0 saturated heterocycles. The molecule has 0 saturated carbocycles. The molecule has 6 heteroatoms. The Kier molecular flexibility index (Phi) is 2.19. The molecule has 0 radical (unpaired) electrons. The Morgan fingerprint density at radius 1 is 1.31 bits per heavy atom. The Bertz CT molecular complexity index is 648. The van der Waals surface area contributed by atoms with E-state index in [0.29, 0.717) is 0 Å². The number of aromatic carboxylic acids is 1. The van der Waals surface area contributed by atoms with Crippen LogP contribution in [0.4, 0.5) is 8.78 Å². The van der Waals surface area contributed by atoms with Gasteiger partial charge in [0.15, 0.2) is 11.4 Å². The van der Waals surface area contributed by atoms with Gasteiger partial charge in [0.2, 0.25) is 0 Å². The van der Waals surface area contributed by atoms with Crippen LogP contribution >= 0.6 is 0 Å². The van der Waals surface area contributed by atoms with Crippen molar-refractivity contribution in [1.82, 2.24) is 4.98 Å². The molecule has 0 aliphatic rings. The number of hydrogen-bond acceptors (Lipinski definition) is 2. The van der Waals surface area contributed by atoms with Crippen molar-refractivity contribution < 1.29 is 18.7 Å². The number of benzene rings is 1. The number of aromatic amines is 1. The summed E-state index contributed by atoms with van der Waals surface area (Å²) in [5.41, 5.74) is -2.26. The van der Waals surface area contributed by atoms with Crippen LogP contribution in [-0.2, 0) is 0 Å². The summed E-state index contributed by atoms with van der Waals surface area (Å²) in [4.78, 5) is 23.9. The van der Waals surface area contributed by atoms with Gasteiger partial charge in [-0.1, -0.05) is 6.07 Å². The summed E-state index contributed by atoms with van der Waals surface area (Å²) in [5, 5.41) is 8.09. The number of carboxylic acid groups (broad SMARTS) is 1. The maximum absolute atomic E-state index is 13.6. The quantitative estimate of drug-likeness (QED) is 0.772. The van der Waals surface area contributed by atoms with Crippen molar-refractivity contribution in [1.29, 1.82) is 0 Å². The molecule has 0 unspecified atom stereocenters. The number of fused-ring (bicyclic) bond motifs is 1. The molecule has 0 amide bonds. The van der Waals surface area contributed by atoms with E-state index in [1.165, 1.54) is 12.1 Å². The third kappa shape index (κ3) is 1.35. The fourth-order valence-electron chi connectivity index (χ4n) is 1.45. The van der Waals surface area contributed by atoms with Crippen LogP contribution in [0.15, 0.2) is 23.0 Å². The van der Waals surface area contributed by atoms with Crippen LogP contribution < -0.4 is 5.56 Å². The van der Waals surface area contributed by atoms with Crippen molar-refractivity contribution in [3.8, 4) is 0 Å². The summed E-state index contributed by atoms with van der Waals surface area (Å²) in [7, 11) is 0. The molecule has 4 nitrogen and oxygen atoms in total. The fourth-order valence-corrected chi connectivity index (χ4v) is 1.45. The molecule has 82 valence electrons. The minimum absolute atomic E-state index is 0.0764. The largest absolute Gasteiger partial charge is 0.477 e. The van der Waals surface area contributed by atoms with E-state index < -0.39 is 34.1 Å². The van der Waals surface area contributed by atoms with E-state index in [-0.39, 0.29) is 5.52 Å². The molecule has 0 bridgehead atoms. The van der Waals surface area contributed by atoms with Gasteiger partial charge in [-0.2, -0.15) is 0 Å². The van der Waals surface area contributed by atoms with Crippen molar-refractivity contribution in [2.45, 2.75) is 0 Å². The fraction of sp³-hybridized carbons (Fsp3) is 0. The van der Waals surface area contributed by atoms with Gasteiger partial charge in [-0.15, -0.1) is 0 Å². The zero-order valence-corrected chi connectivity index (χ0v) is 7.75. The maximum Gasteiger partial charge on any atom is 0.344 e. The number of rotatable bonds is 1. The van der Waals surface area contributed by atoms with Gasteiger partial charge in [0.25, 0.3) is 5.56 Å². The van der Waals surface area contributed by atoms with Crippen LogP contribution in [0.25, 0.3) is 10.9 Å². The molecule has 1 aromatic carbocycles. The molecule has 1 heterocycles. The van der Waals surface area contributed by atoms with Gasteiger partial charge < -0.3 is 10.1 Å². The van der Waals surface area contributed by atoms with Crippen molar-refractivity contribution in [2.24, 2.45) is 0 Å².